The van der Waals surface area contributed by atoms with Gasteiger partial charge in [-0.05, 0) is 62.3 Å². The molecule has 1 N–H and O–H groups in total. The predicted molar refractivity (Wildman–Crippen MR) is 123 cm³/mol. The van der Waals surface area contributed by atoms with E-state index in [0.717, 1.165) is 30.8 Å². The average molecular weight is 468 g/mol. The van der Waals surface area contributed by atoms with Crippen molar-refractivity contribution in [2.45, 2.75) is 82.2 Å². The van der Waals surface area contributed by atoms with Crippen molar-refractivity contribution < 1.29 is 23.9 Å². The highest BCUT2D eigenvalue weighted by molar-refractivity contribution is 6.05. The number of rotatable bonds is 5. The number of methoxy groups -OCH3 is 1. The highest BCUT2D eigenvalue weighted by Gasteiger charge is 2.55. The highest BCUT2D eigenvalue weighted by Crippen LogP contribution is 2.51. The Morgan fingerprint density at radius 3 is 2.62 bits per heavy atom. The van der Waals surface area contributed by atoms with Crippen LogP contribution in [-0.4, -0.2) is 72.0 Å². The highest BCUT2D eigenvalue weighted by atomic mass is 16.5. The third-order valence-corrected chi connectivity index (χ3v) is 8.65. The van der Waals surface area contributed by atoms with Crippen molar-refractivity contribution in [3.63, 3.8) is 0 Å². The van der Waals surface area contributed by atoms with Crippen LogP contribution in [-0.2, 0) is 20.9 Å². The fraction of sp³-hybridized carbons (Fsp3) is 0.654. The summed E-state index contributed by atoms with van der Waals surface area (Å²) in [6.07, 6.45) is 8.24. The molecule has 8 heteroatoms. The number of hydrogen-bond donors (Lipinski definition) is 1. The molecule has 8 nitrogen and oxygen atoms in total. The molecule has 1 unspecified atom stereocenters. The van der Waals surface area contributed by atoms with Crippen LogP contribution in [0.4, 0.5) is 0 Å². The molecular weight excluding hydrogens is 434 g/mol. The lowest BCUT2D eigenvalue weighted by Gasteiger charge is -2.61. The van der Waals surface area contributed by atoms with Crippen molar-refractivity contribution in [3.05, 3.63) is 29.3 Å². The van der Waals surface area contributed by atoms with Gasteiger partial charge in [0.1, 0.15) is 17.9 Å². The zero-order valence-electron chi connectivity index (χ0n) is 19.8. The Morgan fingerprint density at radius 1 is 1.06 bits per heavy atom. The number of carbonyl (C=O) groups is 3. The van der Waals surface area contributed by atoms with Crippen LogP contribution in [0.5, 0.6) is 5.75 Å². The molecule has 34 heavy (non-hydrogen) atoms. The number of fused-ring (bicyclic) bond motifs is 1. The largest absolute Gasteiger partial charge is 0.489 e. The van der Waals surface area contributed by atoms with Crippen LogP contribution in [0.1, 0.15) is 67.3 Å². The van der Waals surface area contributed by atoms with Gasteiger partial charge in [-0.3, -0.25) is 24.6 Å². The maximum atomic E-state index is 13.0. The second kappa shape index (κ2) is 8.34. The molecule has 0 radical (unpaired) electrons. The lowest BCUT2D eigenvalue weighted by molar-refractivity contribution is -0.165. The van der Waals surface area contributed by atoms with E-state index in [1.165, 1.54) is 32.1 Å². The Kier molecular flexibility index (Phi) is 5.41. The number of amides is 3. The molecule has 2 saturated carbocycles. The lowest BCUT2D eigenvalue weighted by Crippen LogP contribution is -2.68. The van der Waals surface area contributed by atoms with Crippen LogP contribution in [0, 0.1) is 5.41 Å². The topological polar surface area (TPSA) is 88.2 Å². The molecule has 1 aromatic rings. The van der Waals surface area contributed by atoms with Crippen LogP contribution < -0.4 is 10.1 Å². The second-order valence-electron chi connectivity index (χ2n) is 10.9. The number of hydrogen-bond acceptors (Lipinski definition) is 6. The molecule has 6 rings (SSSR count). The first-order chi connectivity index (χ1) is 16.4. The Balaban J connectivity index is 1.11. The molecule has 3 amide bonds. The summed E-state index contributed by atoms with van der Waals surface area (Å²) in [5, 5.41) is 2.36. The molecule has 2 saturated heterocycles. The van der Waals surface area contributed by atoms with Gasteiger partial charge >= 0.3 is 0 Å². The Hall–Kier alpha value is -2.45. The zero-order chi connectivity index (χ0) is 23.4. The number of imide groups is 1. The smallest absolute Gasteiger partial charge is 0.255 e. The van der Waals surface area contributed by atoms with Crippen molar-refractivity contribution >= 4 is 17.7 Å². The number of carbonyl (C=O) groups excluding carboxylic acids is 3. The summed E-state index contributed by atoms with van der Waals surface area (Å²) >= 11 is 0. The van der Waals surface area contributed by atoms with E-state index < -0.39 is 6.04 Å². The first-order valence-electron chi connectivity index (χ1n) is 12.7. The van der Waals surface area contributed by atoms with Gasteiger partial charge in [0.15, 0.2) is 0 Å². The first kappa shape index (κ1) is 22.0. The van der Waals surface area contributed by atoms with Gasteiger partial charge in [0.25, 0.3) is 5.91 Å². The first-order valence-corrected chi connectivity index (χ1v) is 12.7. The summed E-state index contributed by atoms with van der Waals surface area (Å²) in [6.45, 7) is 2.68. The van der Waals surface area contributed by atoms with Crippen LogP contribution >= 0.6 is 0 Å². The number of benzene rings is 1. The van der Waals surface area contributed by atoms with Gasteiger partial charge < -0.3 is 14.4 Å². The van der Waals surface area contributed by atoms with E-state index in [2.05, 4.69) is 10.2 Å². The summed E-state index contributed by atoms with van der Waals surface area (Å²) in [7, 11) is 1.81. The maximum Gasteiger partial charge on any atom is 0.255 e. The Labute approximate surface area is 199 Å². The van der Waals surface area contributed by atoms with Gasteiger partial charge in [-0.25, -0.2) is 0 Å². The minimum atomic E-state index is -0.590. The molecule has 3 heterocycles. The molecule has 182 valence electrons. The molecule has 3 aliphatic heterocycles. The number of nitrogens with one attached hydrogen (secondary N) is 1. The van der Waals surface area contributed by atoms with Gasteiger partial charge in [0.2, 0.25) is 11.8 Å². The van der Waals surface area contributed by atoms with Crippen LogP contribution in [0.25, 0.3) is 0 Å². The van der Waals surface area contributed by atoms with Gasteiger partial charge in [-0.15, -0.1) is 0 Å². The Bertz CT molecular complexity index is 1010. The third-order valence-electron chi connectivity index (χ3n) is 8.65. The van der Waals surface area contributed by atoms with E-state index in [1.807, 2.05) is 25.3 Å². The van der Waals surface area contributed by atoms with Crippen molar-refractivity contribution in [2.75, 3.05) is 20.2 Å². The van der Waals surface area contributed by atoms with E-state index in [-0.39, 0.29) is 30.2 Å². The molecule has 5 aliphatic rings. The molecule has 3 atom stereocenters. The second-order valence-corrected chi connectivity index (χ2v) is 10.9. The fourth-order valence-corrected chi connectivity index (χ4v) is 6.81. The SMILES string of the molecule is COC1CC2(C1)CN([C@@H]1CCCC[C@@H]1Oc1ccc3c(c1)CN(C1CCC(=O)NC1=O)C3=O)C2. The van der Waals surface area contributed by atoms with Gasteiger partial charge in [0, 0.05) is 50.2 Å². The van der Waals surface area contributed by atoms with E-state index in [4.69, 9.17) is 9.47 Å². The number of likely N-dealkylation sites (tertiary alicyclic amines) is 1. The number of nitrogens with zero attached hydrogens (tertiary/aromatic N) is 2. The molecule has 2 aliphatic carbocycles. The number of piperidine rings is 1. The van der Waals surface area contributed by atoms with Gasteiger partial charge in [0.05, 0.1) is 6.10 Å². The van der Waals surface area contributed by atoms with E-state index in [9.17, 15) is 14.4 Å². The summed E-state index contributed by atoms with van der Waals surface area (Å²) in [4.78, 5) is 40.9. The van der Waals surface area contributed by atoms with E-state index in [0.29, 0.717) is 36.1 Å². The fourth-order valence-electron chi connectivity index (χ4n) is 6.81. The normalized spacial score (nSPS) is 31.1. The van der Waals surface area contributed by atoms with E-state index in [1.54, 1.807) is 4.90 Å². The predicted octanol–water partition coefficient (Wildman–Crippen LogP) is 2.25. The van der Waals surface area contributed by atoms with Crippen molar-refractivity contribution in [3.8, 4) is 5.75 Å². The summed E-state index contributed by atoms with van der Waals surface area (Å²) in [5.74, 6) is 0.000778. The maximum absolute atomic E-state index is 13.0. The zero-order valence-corrected chi connectivity index (χ0v) is 19.8. The molecule has 4 fully saturated rings. The number of ether oxygens (including phenoxy) is 2. The third kappa shape index (κ3) is 3.71. The van der Waals surface area contributed by atoms with Crippen LogP contribution in [0.3, 0.4) is 0 Å². The molecule has 0 aromatic heterocycles. The molecular formula is C26H33N3O5. The summed E-state index contributed by atoms with van der Waals surface area (Å²) in [5.41, 5.74) is 1.98. The summed E-state index contributed by atoms with van der Waals surface area (Å²) in [6, 6.07) is 5.54. The minimum absolute atomic E-state index is 0.146. The average Bonchev–Trinajstić information content (AvgIpc) is 3.08. The van der Waals surface area contributed by atoms with Gasteiger partial charge in [-0.1, -0.05) is 6.42 Å². The molecule has 1 aromatic carbocycles. The van der Waals surface area contributed by atoms with Crippen LogP contribution in [0.15, 0.2) is 18.2 Å². The van der Waals surface area contributed by atoms with Crippen LogP contribution in [0.2, 0.25) is 0 Å². The van der Waals surface area contributed by atoms with E-state index >= 15 is 0 Å². The standard InChI is InChI=1S/C26H33N3O5/c1-33-18-11-26(12-18)14-28(15-26)20-4-2-3-5-22(20)34-17-6-7-19-16(10-17)13-29(25(19)32)21-8-9-23(30)27-24(21)31/h6-7,10,18,20-22H,2-5,8-9,11-15H2,1H3,(H,27,30,31)/t20-,21?,22+/m1/s1. The lowest BCUT2D eigenvalue weighted by atomic mass is 9.61. The Morgan fingerprint density at radius 2 is 1.85 bits per heavy atom. The van der Waals surface area contributed by atoms with Crippen molar-refractivity contribution in [1.82, 2.24) is 15.1 Å². The van der Waals surface area contributed by atoms with Gasteiger partial charge in [-0.2, -0.15) is 0 Å². The quantitative estimate of drug-likeness (QED) is 0.669. The molecule has 0 bridgehead atoms. The molecule has 1 spiro atoms. The van der Waals surface area contributed by atoms with Crippen molar-refractivity contribution in [1.29, 1.82) is 0 Å². The monoisotopic (exact) mass is 467 g/mol. The van der Waals surface area contributed by atoms with Crippen molar-refractivity contribution in [2.24, 2.45) is 5.41 Å². The summed E-state index contributed by atoms with van der Waals surface area (Å²) < 4.78 is 12.0. The minimum Gasteiger partial charge on any atom is -0.489 e.